The van der Waals surface area contributed by atoms with E-state index in [-0.39, 0.29) is 34.6 Å². The van der Waals surface area contributed by atoms with Gasteiger partial charge in [-0.2, -0.15) is 4.68 Å². The van der Waals surface area contributed by atoms with Crippen molar-refractivity contribution in [3.63, 3.8) is 0 Å². The highest BCUT2D eigenvalue weighted by Gasteiger charge is 2.59. The summed E-state index contributed by atoms with van der Waals surface area (Å²) in [6.07, 6.45) is 8.17. The van der Waals surface area contributed by atoms with Gasteiger partial charge in [0.05, 0.1) is 23.3 Å². The van der Waals surface area contributed by atoms with E-state index in [2.05, 4.69) is 22.0 Å². The SMILES string of the molecule is CC12CC1CC(/C=C(\N)c1c(F)cccc1F)=C(N)C2c1ccnc(-n2cnc(C3(CO)CC3)n2)n1. The first-order chi connectivity index (χ1) is 17.3. The number of aromatic nitrogens is 5. The maximum absolute atomic E-state index is 14.3. The highest BCUT2D eigenvalue weighted by atomic mass is 19.1. The predicted molar refractivity (Wildman–Crippen MR) is 128 cm³/mol. The molecule has 1 aromatic carbocycles. The third kappa shape index (κ3) is 3.50. The van der Waals surface area contributed by atoms with Crippen LogP contribution >= 0.6 is 0 Å². The molecular formula is C26H27F2N7O. The molecule has 3 atom stereocenters. The summed E-state index contributed by atoms with van der Waals surface area (Å²) in [6, 6.07) is 5.51. The van der Waals surface area contributed by atoms with Crippen molar-refractivity contribution in [1.29, 1.82) is 0 Å². The first kappa shape index (κ1) is 22.8. The van der Waals surface area contributed by atoms with E-state index in [9.17, 15) is 13.9 Å². The number of fused-ring (bicyclic) bond motifs is 1. The van der Waals surface area contributed by atoms with E-state index in [1.54, 1.807) is 18.6 Å². The number of hydrogen-bond donors (Lipinski definition) is 3. The lowest BCUT2D eigenvalue weighted by molar-refractivity contribution is 0.250. The topological polar surface area (TPSA) is 129 Å². The van der Waals surface area contributed by atoms with Crippen LogP contribution in [0.5, 0.6) is 0 Å². The first-order valence-corrected chi connectivity index (χ1v) is 12.0. The van der Waals surface area contributed by atoms with Gasteiger partial charge in [-0.1, -0.05) is 13.0 Å². The van der Waals surface area contributed by atoms with E-state index in [1.807, 2.05) is 6.07 Å². The second kappa shape index (κ2) is 7.92. The highest BCUT2D eigenvalue weighted by molar-refractivity contribution is 5.67. The molecule has 6 rings (SSSR count). The summed E-state index contributed by atoms with van der Waals surface area (Å²) in [6.45, 7) is 2.19. The monoisotopic (exact) mass is 491 g/mol. The number of benzene rings is 1. The summed E-state index contributed by atoms with van der Waals surface area (Å²) in [5, 5.41) is 14.2. The molecule has 2 saturated carbocycles. The van der Waals surface area contributed by atoms with E-state index in [1.165, 1.54) is 22.9 Å². The summed E-state index contributed by atoms with van der Waals surface area (Å²) in [4.78, 5) is 13.5. The Labute approximate surface area is 206 Å². The van der Waals surface area contributed by atoms with Gasteiger partial charge in [0.25, 0.3) is 5.95 Å². The molecule has 2 aromatic heterocycles. The van der Waals surface area contributed by atoms with E-state index in [0.717, 1.165) is 30.5 Å². The van der Waals surface area contributed by atoms with Crippen LogP contribution < -0.4 is 11.5 Å². The third-order valence-corrected chi connectivity index (χ3v) is 8.13. The fourth-order valence-electron chi connectivity index (χ4n) is 5.57. The van der Waals surface area contributed by atoms with Crippen LogP contribution in [0.15, 0.2) is 54.1 Å². The van der Waals surface area contributed by atoms with Crippen molar-refractivity contribution in [2.24, 2.45) is 22.8 Å². The zero-order valence-electron chi connectivity index (χ0n) is 19.8. The molecule has 3 aromatic rings. The molecule has 8 nitrogen and oxygen atoms in total. The van der Waals surface area contributed by atoms with E-state index < -0.39 is 11.6 Å². The van der Waals surface area contributed by atoms with E-state index in [4.69, 9.17) is 16.5 Å². The average molecular weight is 492 g/mol. The molecule has 0 aliphatic heterocycles. The Morgan fingerprint density at radius 1 is 1.22 bits per heavy atom. The van der Waals surface area contributed by atoms with Crippen LogP contribution in [-0.4, -0.2) is 36.4 Å². The summed E-state index contributed by atoms with van der Waals surface area (Å²) in [5.74, 6) is -0.327. The number of nitrogens with two attached hydrogens (primary N) is 2. The molecule has 2 heterocycles. The molecule has 3 aliphatic rings. The van der Waals surface area contributed by atoms with Crippen LogP contribution in [0.4, 0.5) is 8.78 Å². The van der Waals surface area contributed by atoms with Crippen LogP contribution in [0.25, 0.3) is 11.6 Å². The molecule has 0 bridgehead atoms. The molecular weight excluding hydrogens is 464 g/mol. The second-order valence-corrected chi connectivity index (χ2v) is 10.5. The lowest BCUT2D eigenvalue weighted by Crippen LogP contribution is -2.27. The zero-order valence-corrected chi connectivity index (χ0v) is 19.8. The minimum Gasteiger partial charge on any atom is -0.401 e. The molecule has 0 amide bonds. The zero-order chi connectivity index (χ0) is 25.2. The summed E-state index contributed by atoms with van der Waals surface area (Å²) < 4.78 is 30.1. The van der Waals surface area contributed by atoms with Crippen LogP contribution in [0.3, 0.4) is 0 Å². The Kier molecular flexibility index (Phi) is 5.01. The lowest BCUT2D eigenvalue weighted by atomic mass is 9.76. The predicted octanol–water partition coefficient (Wildman–Crippen LogP) is 3.09. The molecule has 0 saturated heterocycles. The fourth-order valence-corrected chi connectivity index (χ4v) is 5.57. The van der Waals surface area contributed by atoms with Crippen LogP contribution in [-0.2, 0) is 5.41 Å². The average Bonchev–Trinajstić information content (AvgIpc) is 3.72. The van der Waals surface area contributed by atoms with E-state index >= 15 is 0 Å². The molecule has 2 fully saturated rings. The van der Waals surface area contributed by atoms with Gasteiger partial charge in [-0.3, -0.25) is 0 Å². The Balaban J connectivity index is 1.37. The van der Waals surface area contributed by atoms with Crippen molar-refractivity contribution in [3.05, 3.63) is 82.9 Å². The number of aliphatic hydroxyl groups is 1. The molecule has 0 radical (unpaired) electrons. The van der Waals surface area contributed by atoms with Crippen LogP contribution in [0.1, 0.15) is 55.6 Å². The summed E-state index contributed by atoms with van der Waals surface area (Å²) in [7, 11) is 0. The van der Waals surface area contributed by atoms with Gasteiger partial charge in [-0.15, -0.1) is 5.10 Å². The molecule has 36 heavy (non-hydrogen) atoms. The minimum atomic E-state index is -0.714. The Bertz CT molecular complexity index is 1410. The van der Waals surface area contributed by atoms with E-state index in [0.29, 0.717) is 29.8 Å². The van der Waals surface area contributed by atoms with Crippen molar-refractivity contribution in [3.8, 4) is 5.95 Å². The quantitative estimate of drug-likeness (QED) is 0.483. The van der Waals surface area contributed by atoms with Gasteiger partial charge in [0.2, 0.25) is 0 Å². The van der Waals surface area contributed by atoms with Crippen LogP contribution in [0, 0.1) is 23.0 Å². The normalized spacial score (nSPS) is 26.6. The van der Waals surface area contributed by atoms with Crippen molar-refractivity contribution in [2.75, 3.05) is 6.61 Å². The maximum Gasteiger partial charge on any atom is 0.252 e. The number of halogens is 2. The van der Waals surface area contributed by atoms with Crippen molar-refractivity contribution in [2.45, 2.75) is 43.9 Å². The van der Waals surface area contributed by atoms with Crippen molar-refractivity contribution in [1.82, 2.24) is 24.7 Å². The van der Waals surface area contributed by atoms with Crippen molar-refractivity contribution >= 4 is 5.70 Å². The minimum absolute atomic E-state index is 0.00274. The molecule has 10 heteroatoms. The maximum atomic E-state index is 14.3. The molecule has 0 spiro atoms. The highest BCUT2D eigenvalue weighted by Crippen LogP contribution is 2.67. The number of rotatable bonds is 6. The summed E-state index contributed by atoms with van der Waals surface area (Å²) in [5.41, 5.74) is 14.3. The number of allylic oxidation sites excluding steroid dienone is 3. The van der Waals surface area contributed by atoms with Gasteiger partial charge in [0, 0.05) is 23.5 Å². The van der Waals surface area contributed by atoms with Crippen molar-refractivity contribution < 1.29 is 13.9 Å². The Hall–Kier alpha value is -3.66. The van der Waals surface area contributed by atoms with Gasteiger partial charge < -0.3 is 16.6 Å². The largest absolute Gasteiger partial charge is 0.401 e. The fraction of sp³-hybridized carbons (Fsp3) is 0.385. The molecule has 186 valence electrons. The lowest BCUT2D eigenvalue weighted by Gasteiger charge is -2.31. The summed E-state index contributed by atoms with van der Waals surface area (Å²) >= 11 is 0. The Morgan fingerprint density at radius 2 is 1.97 bits per heavy atom. The Morgan fingerprint density at radius 3 is 2.67 bits per heavy atom. The smallest absolute Gasteiger partial charge is 0.252 e. The molecule has 5 N–H and O–H groups in total. The van der Waals surface area contributed by atoms with Gasteiger partial charge in [0.1, 0.15) is 18.0 Å². The number of aliphatic hydroxyl groups excluding tert-OH is 1. The van der Waals surface area contributed by atoms with Gasteiger partial charge in [0.15, 0.2) is 5.82 Å². The number of hydrogen-bond acceptors (Lipinski definition) is 7. The van der Waals surface area contributed by atoms with Gasteiger partial charge in [-0.05, 0) is 66.9 Å². The standard InChI is InChI=1S/C26H27F2N7O/c1-25-11-15(25)9-14(10-18(29)20-16(27)3-2-4-17(20)28)22(30)21(25)19-5-8-31-24(33-19)35-13-32-23(34-35)26(12-36)6-7-26/h2-5,8,10,13,15,21,36H,6-7,9,11-12,29-30H2,1H3/b18-10-. The molecule has 3 aliphatic carbocycles. The number of nitrogens with zero attached hydrogens (tertiary/aromatic N) is 5. The second-order valence-electron chi connectivity index (χ2n) is 10.5. The van der Waals surface area contributed by atoms with Crippen LogP contribution in [0.2, 0.25) is 0 Å². The first-order valence-electron chi connectivity index (χ1n) is 12.0. The third-order valence-electron chi connectivity index (χ3n) is 8.13. The molecule has 3 unspecified atom stereocenters. The van der Waals surface area contributed by atoms with Gasteiger partial charge >= 0.3 is 0 Å². The van der Waals surface area contributed by atoms with Gasteiger partial charge in [-0.25, -0.2) is 23.7 Å².